The second-order valence-electron chi connectivity index (χ2n) is 4.90. The topological polar surface area (TPSA) is 46.5 Å². The molecule has 0 saturated heterocycles. The van der Waals surface area contributed by atoms with Crippen molar-refractivity contribution >= 4 is 5.97 Å². The van der Waals surface area contributed by atoms with Crippen molar-refractivity contribution in [3.63, 3.8) is 0 Å². The highest BCUT2D eigenvalue weighted by atomic mass is 19.3. The largest absolute Gasteiger partial charge is 0.469 e. The quantitative estimate of drug-likeness (QED) is 0.779. The minimum Gasteiger partial charge on any atom is -0.469 e. The molecule has 1 aliphatic carbocycles. The normalized spacial score (nSPS) is 23.2. The maximum atomic E-state index is 12.9. The lowest BCUT2D eigenvalue weighted by Gasteiger charge is -2.39. The molecule has 0 heterocycles. The lowest BCUT2D eigenvalue weighted by Crippen LogP contribution is -2.50. The first-order valence-electron chi connectivity index (χ1n) is 5.99. The zero-order valence-electron chi connectivity index (χ0n) is 10.3. The van der Waals surface area contributed by atoms with Crippen molar-refractivity contribution in [2.24, 2.45) is 11.8 Å². The number of hydrogen-bond acceptors (Lipinski definition) is 3. The standard InChI is InChI=1S/C12H20F2O3/c1-12(16,8-6-4-3-5-7-8)9(10(13)14)11(15)17-2/h8-10,16H,3-7H2,1-2H3. The van der Waals surface area contributed by atoms with Crippen LogP contribution in [0.3, 0.4) is 0 Å². The Hall–Kier alpha value is -0.710. The Balaban J connectivity index is 2.85. The van der Waals surface area contributed by atoms with Gasteiger partial charge in [-0.05, 0) is 25.7 Å². The fraction of sp³-hybridized carbons (Fsp3) is 0.917. The number of aliphatic hydroxyl groups is 1. The van der Waals surface area contributed by atoms with E-state index < -0.39 is 23.9 Å². The molecule has 0 radical (unpaired) electrons. The lowest BCUT2D eigenvalue weighted by atomic mass is 9.71. The maximum absolute atomic E-state index is 12.9. The van der Waals surface area contributed by atoms with E-state index in [1.165, 1.54) is 6.92 Å². The summed E-state index contributed by atoms with van der Waals surface area (Å²) in [7, 11) is 1.06. The minimum absolute atomic E-state index is 0.255. The minimum atomic E-state index is -2.90. The van der Waals surface area contributed by atoms with Crippen molar-refractivity contribution < 1.29 is 23.4 Å². The molecule has 17 heavy (non-hydrogen) atoms. The molecule has 100 valence electrons. The SMILES string of the molecule is COC(=O)C(C(F)F)C(C)(O)C1CCCCC1. The number of carbonyl (C=O) groups excluding carboxylic acids is 1. The second kappa shape index (κ2) is 5.76. The number of hydrogen-bond donors (Lipinski definition) is 1. The summed E-state index contributed by atoms with van der Waals surface area (Å²) < 4.78 is 30.2. The Bertz CT molecular complexity index is 260. The highest BCUT2D eigenvalue weighted by Crippen LogP contribution is 2.39. The first-order chi connectivity index (χ1) is 7.91. The summed E-state index contributed by atoms with van der Waals surface area (Å²) in [6.07, 6.45) is 1.36. The molecule has 0 bridgehead atoms. The molecule has 1 rings (SSSR count). The number of rotatable bonds is 4. The van der Waals surface area contributed by atoms with Gasteiger partial charge in [0.15, 0.2) is 0 Å². The molecule has 2 unspecified atom stereocenters. The van der Waals surface area contributed by atoms with E-state index >= 15 is 0 Å². The molecular weight excluding hydrogens is 230 g/mol. The Labute approximate surface area is 100 Å². The van der Waals surface area contributed by atoms with Crippen LogP contribution in [0.4, 0.5) is 8.78 Å². The number of methoxy groups -OCH3 is 1. The van der Waals surface area contributed by atoms with Crippen molar-refractivity contribution in [2.45, 2.75) is 51.1 Å². The molecule has 3 nitrogen and oxygen atoms in total. The lowest BCUT2D eigenvalue weighted by molar-refractivity contribution is -0.174. The van der Waals surface area contributed by atoms with Gasteiger partial charge in [0.1, 0.15) is 5.92 Å². The molecule has 0 aliphatic heterocycles. The van der Waals surface area contributed by atoms with E-state index in [4.69, 9.17) is 0 Å². The summed E-state index contributed by atoms with van der Waals surface area (Å²) in [6, 6.07) is 0. The maximum Gasteiger partial charge on any atom is 0.317 e. The van der Waals surface area contributed by atoms with Gasteiger partial charge in [-0.2, -0.15) is 0 Å². The molecule has 1 N–H and O–H groups in total. The Morgan fingerprint density at radius 3 is 2.29 bits per heavy atom. The van der Waals surface area contributed by atoms with Crippen LogP contribution in [-0.2, 0) is 9.53 Å². The number of ether oxygens (including phenoxy) is 1. The van der Waals surface area contributed by atoms with Crippen LogP contribution >= 0.6 is 0 Å². The number of esters is 1. The van der Waals surface area contributed by atoms with Crippen molar-refractivity contribution in [2.75, 3.05) is 7.11 Å². The van der Waals surface area contributed by atoms with Crippen LogP contribution in [-0.4, -0.2) is 30.2 Å². The van der Waals surface area contributed by atoms with Crippen molar-refractivity contribution in [3.8, 4) is 0 Å². The van der Waals surface area contributed by atoms with Crippen molar-refractivity contribution in [1.82, 2.24) is 0 Å². The fourth-order valence-electron chi connectivity index (χ4n) is 2.66. The molecule has 5 heteroatoms. The third-order valence-corrected chi connectivity index (χ3v) is 3.77. The summed E-state index contributed by atoms with van der Waals surface area (Å²) >= 11 is 0. The molecular formula is C12H20F2O3. The van der Waals surface area contributed by atoms with E-state index in [1.54, 1.807) is 0 Å². The number of carbonyl (C=O) groups is 1. The summed E-state index contributed by atoms with van der Waals surface area (Å²) in [5, 5.41) is 10.3. The van der Waals surface area contributed by atoms with Gasteiger partial charge in [0, 0.05) is 0 Å². The van der Waals surface area contributed by atoms with Gasteiger partial charge in [-0.25, -0.2) is 8.78 Å². The predicted molar refractivity (Wildman–Crippen MR) is 58.7 cm³/mol. The monoisotopic (exact) mass is 250 g/mol. The Morgan fingerprint density at radius 1 is 1.35 bits per heavy atom. The Kier molecular flexibility index (Phi) is 4.86. The zero-order valence-corrected chi connectivity index (χ0v) is 10.3. The predicted octanol–water partition coefficient (Wildman–Crippen LogP) is 2.37. The van der Waals surface area contributed by atoms with Crippen LogP contribution in [0, 0.1) is 11.8 Å². The molecule has 0 aromatic carbocycles. The van der Waals surface area contributed by atoms with Gasteiger partial charge < -0.3 is 9.84 Å². The van der Waals surface area contributed by atoms with Gasteiger partial charge in [-0.15, -0.1) is 0 Å². The van der Waals surface area contributed by atoms with E-state index in [-0.39, 0.29) is 5.92 Å². The molecule has 0 amide bonds. The van der Waals surface area contributed by atoms with Crippen LogP contribution in [0.2, 0.25) is 0 Å². The van der Waals surface area contributed by atoms with E-state index in [0.29, 0.717) is 12.8 Å². The van der Waals surface area contributed by atoms with E-state index in [1.807, 2.05) is 0 Å². The average molecular weight is 250 g/mol. The van der Waals surface area contributed by atoms with Gasteiger partial charge >= 0.3 is 5.97 Å². The zero-order chi connectivity index (χ0) is 13.1. The third-order valence-electron chi connectivity index (χ3n) is 3.77. The second-order valence-corrected chi connectivity index (χ2v) is 4.90. The number of alkyl halides is 2. The molecule has 0 aromatic rings. The average Bonchev–Trinajstić information content (AvgIpc) is 2.29. The number of halogens is 2. The molecule has 2 atom stereocenters. The molecule has 1 fully saturated rings. The van der Waals surface area contributed by atoms with Gasteiger partial charge in [-0.3, -0.25) is 4.79 Å². The van der Waals surface area contributed by atoms with E-state index in [9.17, 15) is 18.7 Å². The van der Waals surface area contributed by atoms with Crippen LogP contribution in [0.1, 0.15) is 39.0 Å². The third kappa shape index (κ3) is 3.15. The summed E-state index contributed by atoms with van der Waals surface area (Å²) in [4.78, 5) is 11.4. The fourth-order valence-corrected chi connectivity index (χ4v) is 2.66. The van der Waals surface area contributed by atoms with Crippen molar-refractivity contribution in [3.05, 3.63) is 0 Å². The molecule has 0 aromatic heterocycles. The highest BCUT2D eigenvalue weighted by Gasteiger charge is 2.49. The van der Waals surface area contributed by atoms with Crippen LogP contribution in [0.5, 0.6) is 0 Å². The van der Waals surface area contributed by atoms with Gasteiger partial charge in [0.25, 0.3) is 6.43 Å². The Morgan fingerprint density at radius 2 is 1.88 bits per heavy atom. The van der Waals surface area contributed by atoms with E-state index in [2.05, 4.69) is 4.74 Å². The van der Waals surface area contributed by atoms with Gasteiger partial charge in [0.05, 0.1) is 12.7 Å². The van der Waals surface area contributed by atoms with Crippen LogP contribution in [0.15, 0.2) is 0 Å². The van der Waals surface area contributed by atoms with Crippen LogP contribution < -0.4 is 0 Å². The highest BCUT2D eigenvalue weighted by molar-refractivity contribution is 5.74. The smallest absolute Gasteiger partial charge is 0.317 e. The first-order valence-corrected chi connectivity index (χ1v) is 5.99. The summed E-state index contributed by atoms with van der Waals surface area (Å²) in [6.45, 7) is 1.33. The molecule has 0 spiro atoms. The molecule has 1 saturated carbocycles. The molecule has 1 aliphatic rings. The van der Waals surface area contributed by atoms with Crippen LogP contribution in [0.25, 0.3) is 0 Å². The summed E-state index contributed by atoms with van der Waals surface area (Å²) in [5.41, 5.74) is -1.69. The van der Waals surface area contributed by atoms with Gasteiger partial charge in [-0.1, -0.05) is 19.3 Å². The first kappa shape index (κ1) is 14.4. The van der Waals surface area contributed by atoms with Crippen molar-refractivity contribution in [1.29, 1.82) is 0 Å². The summed E-state index contributed by atoms with van der Waals surface area (Å²) in [5.74, 6) is -3.04. The van der Waals surface area contributed by atoms with E-state index in [0.717, 1.165) is 26.4 Å². The van der Waals surface area contributed by atoms with Gasteiger partial charge in [0.2, 0.25) is 0 Å².